The van der Waals surface area contributed by atoms with Gasteiger partial charge in [0.1, 0.15) is 0 Å². The van der Waals surface area contributed by atoms with E-state index in [1.807, 2.05) is 0 Å². The highest BCUT2D eigenvalue weighted by Crippen LogP contribution is 2.11. The highest BCUT2D eigenvalue weighted by Gasteiger charge is 2.22. The van der Waals surface area contributed by atoms with Crippen molar-refractivity contribution in [2.45, 2.75) is 38.3 Å². The first-order chi connectivity index (χ1) is 9.27. The molecule has 2 N–H and O–H groups in total. The number of aliphatic hydroxyl groups excluding tert-OH is 1. The van der Waals surface area contributed by atoms with E-state index < -0.39 is 6.10 Å². The van der Waals surface area contributed by atoms with E-state index in [1.54, 1.807) is 7.11 Å². The molecule has 114 valence electrons. The van der Waals surface area contributed by atoms with Gasteiger partial charge in [-0.25, -0.2) is 0 Å². The van der Waals surface area contributed by atoms with Gasteiger partial charge in [0.2, 0.25) is 0 Å². The van der Waals surface area contributed by atoms with Crippen LogP contribution in [0, 0.1) is 0 Å². The van der Waals surface area contributed by atoms with Gasteiger partial charge in [-0.3, -0.25) is 4.90 Å². The molecular weight excluding hydrogens is 244 g/mol. The Labute approximate surface area is 117 Å². The molecule has 0 radical (unpaired) electrons. The molecule has 0 aromatic heterocycles. The van der Waals surface area contributed by atoms with Crippen molar-refractivity contribution in [1.82, 2.24) is 10.2 Å². The molecule has 1 fully saturated rings. The lowest BCUT2D eigenvalue weighted by Crippen LogP contribution is -2.49. The third-order valence-corrected chi connectivity index (χ3v) is 3.49. The van der Waals surface area contributed by atoms with E-state index in [4.69, 9.17) is 9.47 Å². The number of hydrogen-bond donors (Lipinski definition) is 2. The van der Waals surface area contributed by atoms with Crippen LogP contribution in [0.15, 0.2) is 0 Å². The smallest absolute Gasteiger partial charge is 0.0900 e. The third-order valence-electron chi connectivity index (χ3n) is 3.49. The Kier molecular flexibility index (Phi) is 9.38. The highest BCUT2D eigenvalue weighted by atomic mass is 16.5. The maximum absolute atomic E-state index is 10.0. The fraction of sp³-hybridized carbons (Fsp3) is 1.00. The van der Waals surface area contributed by atoms with Gasteiger partial charge < -0.3 is 19.9 Å². The summed E-state index contributed by atoms with van der Waals surface area (Å²) < 4.78 is 10.3. The Balaban J connectivity index is 2.26. The van der Waals surface area contributed by atoms with Crippen molar-refractivity contribution in [2.75, 3.05) is 53.1 Å². The molecule has 0 saturated carbocycles. The minimum absolute atomic E-state index is 0.393. The molecule has 0 aromatic carbocycles. The zero-order chi connectivity index (χ0) is 13.9. The number of hydrogen-bond acceptors (Lipinski definition) is 5. The molecule has 0 spiro atoms. The third kappa shape index (κ3) is 7.22. The van der Waals surface area contributed by atoms with Crippen LogP contribution in [0.3, 0.4) is 0 Å². The van der Waals surface area contributed by atoms with Gasteiger partial charge in [0, 0.05) is 26.2 Å². The van der Waals surface area contributed by atoms with E-state index in [1.165, 1.54) is 12.8 Å². The van der Waals surface area contributed by atoms with Gasteiger partial charge in [0.25, 0.3) is 0 Å². The highest BCUT2D eigenvalue weighted by molar-refractivity contribution is 4.79. The quantitative estimate of drug-likeness (QED) is 0.567. The van der Waals surface area contributed by atoms with Crippen LogP contribution < -0.4 is 5.32 Å². The summed E-state index contributed by atoms with van der Waals surface area (Å²) in [4.78, 5) is 2.40. The fourth-order valence-electron chi connectivity index (χ4n) is 2.54. The Morgan fingerprint density at radius 1 is 1.42 bits per heavy atom. The van der Waals surface area contributed by atoms with Crippen molar-refractivity contribution < 1.29 is 14.6 Å². The fourth-order valence-corrected chi connectivity index (χ4v) is 2.54. The maximum Gasteiger partial charge on any atom is 0.0900 e. The van der Waals surface area contributed by atoms with Crippen LogP contribution in [0.5, 0.6) is 0 Å². The van der Waals surface area contributed by atoms with E-state index in [2.05, 4.69) is 17.1 Å². The van der Waals surface area contributed by atoms with Crippen molar-refractivity contribution in [3.05, 3.63) is 0 Å². The first-order valence-corrected chi connectivity index (χ1v) is 7.47. The van der Waals surface area contributed by atoms with Crippen LogP contribution in [0.25, 0.3) is 0 Å². The van der Waals surface area contributed by atoms with Crippen molar-refractivity contribution in [3.63, 3.8) is 0 Å². The van der Waals surface area contributed by atoms with Crippen LogP contribution in [0.4, 0.5) is 0 Å². The molecular formula is C14H30N2O3. The molecule has 1 aliphatic rings. The molecule has 2 atom stereocenters. The lowest BCUT2D eigenvalue weighted by Gasteiger charge is -2.35. The van der Waals surface area contributed by atoms with Crippen LogP contribution in [-0.2, 0) is 9.47 Å². The Morgan fingerprint density at radius 3 is 2.89 bits per heavy atom. The zero-order valence-electron chi connectivity index (χ0n) is 12.4. The van der Waals surface area contributed by atoms with E-state index in [-0.39, 0.29) is 0 Å². The molecule has 1 heterocycles. The van der Waals surface area contributed by atoms with Gasteiger partial charge in [-0.2, -0.15) is 0 Å². The molecule has 0 aromatic rings. The van der Waals surface area contributed by atoms with Crippen LogP contribution >= 0.6 is 0 Å². The molecule has 1 aliphatic heterocycles. The van der Waals surface area contributed by atoms with Crippen molar-refractivity contribution in [3.8, 4) is 0 Å². The lowest BCUT2D eigenvalue weighted by atomic mass is 10.1. The first kappa shape index (κ1) is 16.9. The van der Waals surface area contributed by atoms with Gasteiger partial charge in [0.15, 0.2) is 0 Å². The summed E-state index contributed by atoms with van der Waals surface area (Å²) in [5.74, 6) is 0. The molecule has 2 unspecified atom stereocenters. The maximum atomic E-state index is 10.0. The SMILES string of the molecule is CCCN(CC(O)COCCOC)C1CCCNC1. The molecule has 1 rings (SSSR count). The number of rotatable bonds is 10. The molecule has 5 heteroatoms. The second kappa shape index (κ2) is 10.6. The number of methoxy groups -OCH3 is 1. The predicted molar refractivity (Wildman–Crippen MR) is 76.5 cm³/mol. The minimum Gasteiger partial charge on any atom is -0.389 e. The summed E-state index contributed by atoms with van der Waals surface area (Å²) in [5.41, 5.74) is 0. The molecule has 1 saturated heterocycles. The molecule has 19 heavy (non-hydrogen) atoms. The van der Waals surface area contributed by atoms with Crippen molar-refractivity contribution in [1.29, 1.82) is 0 Å². The van der Waals surface area contributed by atoms with Gasteiger partial charge in [-0.1, -0.05) is 6.92 Å². The molecule has 0 amide bonds. The summed E-state index contributed by atoms with van der Waals surface area (Å²) in [7, 11) is 1.65. The second-order valence-electron chi connectivity index (χ2n) is 5.22. The summed E-state index contributed by atoms with van der Waals surface area (Å²) in [5, 5.41) is 13.5. The number of ether oxygens (including phenoxy) is 2. The Hall–Kier alpha value is -0.200. The largest absolute Gasteiger partial charge is 0.389 e. The van der Waals surface area contributed by atoms with Gasteiger partial charge in [0.05, 0.1) is 25.9 Å². The molecule has 0 bridgehead atoms. The summed E-state index contributed by atoms with van der Waals surface area (Å²) in [6, 6.07) is 0.558. The number of nitrogens with one attached hydrogen (secondary N) is 1. The minimum atomic E-state index is -0.412. The van der Waals surface area contributed by atoms with Crippen molar-refractivity contribution in [2.24, 2.45) is 0 Å². The standard InChI is InChI=1S/C14H30N2O3/c1-3-7-16(13-5-4-6-15-10-13)11-14(17)12-19-9-8-18-2/h13-15,17H,3-12H2,1-2H3. The number of nitrogens with zero attached hydrogens (tertiary/aromatic N) is 1. The summed E-state index contributed by atoms with van der Waals surface area (Å²) in [6.45, 7) is 7.61. The van der Waals surface area contributed by atoms with E-state index in [0.717, 1.165) is 26.1 Å². The van der Waals surface area contributed by atoms with Crippen LogP contribution in [0.2, 0.25) is 0 Å². The van der Waals surface area contributed by atoms with Crippen LogP contribution in [0.1, 0.15) is 26.2 Å². The Bertz CT molecular complexity index is 211. The normalized spacial score (nSPS) is 21.8. The zero-order valence-corrected chi connectivity index (χ0v) is 12.4. The second-order valence-corrected chi connectivity index (χ2v) is 5.22. The monoisotopic (exact) mass is 274 g/mol. The summed E-state index contributed by atoms with van der Waals surface area (Å²) >= 11 is 0. The molecule has 0 aliphatic carbocycles. The van der Waals surface area contributed by atoms with Gasteiger partial charge in [-0.15, -0.1) is 0 Å². The summed E-state index contributed by atoms with van der Waals surface area (Å²) in [6.07, 6.45) is 3.16. The average molecular weight is 274 g/mol. The van der Waals surface area contributed by atoms with Crippen molar-refractivity contribution >= 4 is 0 Å². The van der Waals surface area contributed by atoms with Gasteiger partial charge >= 0.3 is 0 Å². The first-order valence-electron chi connectivity index (χ1n) is 7.47. The molecule has 5 nitrogen and oxygen atoms in total. The van der Waals surface area contributed by atoms with E-state index >= 15 is 0 Å². The van der Waals surface area contributed by atoms with Crippen LogP contribution in [-0.4, -0.2) is 75.3 Å². The van der Waals surface area contributed by atoms with E-state index in [0.29, 0.717) is 32.4 Å². The van der Waals surface area contributed by atoms with E-state index in [9.17, 15) is 5.11 Å². The number of piperidine rings is 1. The van der Waals surface area contributed by atoms with Gasteiger partial charge in [-0.05, 0) is 32.4 Å². The average Bonchev–Trinajstić information content (AvgIpc) is 2.44. The lowest BCUT2D eigenvalue weighted by molar-refractivity contribution is -0.00806. The topological polar surface area (TPSA) is 54.0 Å². The Morgan fingerprint density at radius 2 is 2.26 bits per heavy atom. The predicted octanol–water partition coefficient (Wildman–Crippen LogP) is 0.474. The number of aliphatic hydroxyl groups is 1.